The molecule has 4 nitrogen and oxygen atoms in total. The van der Waals surface area contributed by atoms with Gasteiger partial charge in [-0.2, -0.15) is 5.26 Å². The standard InChI is InChI=1S/C20H27NO3/c1-19-11-8-15(20(2)10-4-3-5-17(20)22)13(9-12-21)14(19)6-7-16(19)18(23)24/h3,5,13-16H,4,6-11H2,1-2H3,(H,23,24)/t13?,14-,15?,16+,19-,20+/m0/s1. The second-order valence-corrected chi connectivity index (χ2v) is 8.47. The van der Waals surface area contributed by atoms with Crippen LogP contribution in [0.4, 0.5) is 0 Å². The highest BCUT2D eigenvalue weighted by Crippen LogP contribution is 2.63. The summed E-state index contributed by atoms with van der Waals surface area (Å²) in [6.07, 6.45) is 9.16. The normalized spacial score (nSPS) is 44.8. The molecule has 3 rings (SSSR count). The number of aliphatic carboxylic acids is 1. The second-order valence-electron chi connectivity index (χ2n) is 8.47. The lowest BCUT2D eigenvalue weighted by Crippen LogP contribution is -2.50. The fraction of sp³-hybridized carbons (Fsp3) is 0.750. The summed E-state index contributed by atoms with van der Waals surface area (Å²) in [6.45, 7) is 4.18. The number of carbonyl (C=O) groups is 2. The second kappa shape index (κ2) is 6.02. The van der Waals surface area contributed by atoms with Gasteiger partial charge in [-0.05, 0) is 67.8 Å². The molecule has 0 aromatic heterocycles. The van der Waals surface area contributed by atoms with Crippen molar-refractivity contribution >= 4 is 11.8 Å². The van der Waals surface area contributed by atoms with Crippen LogP contribution in [0.3, 0.4) is 0 Å². The van der Waals surface area contributed by atoms with E-state index in [4.69, 9.17) is 0 Å². The van der Waals surface area contributed by atoms with Crippen molar-refractivity contribution < 1.29 is 14.7 Å². The number of carboxylic acid groups (broad SMARTS) is 1. The van der Waals surface area contributed by atoms with E-state index in [2.05, 4.69) is 19.9 Å². The van der Waals surface area contributed by atoms with Gasteiger partial charge in [0.1, 0.15) is 0 Å². The molecule has 2 unspecified atom stereocenters. The zero-order valence-corrected chi connectivity index (χ0v) is 14.6. The van der Waals surface area contributed by atoms with Crippen LogP contribution in [-0.2, 0) is 9.59 Å². The van der Waals surface area contributed by atoms with E-state index in [9.17, 15) is 20.0 Å². The molecule has 0 heterocycles. The Morgan fingerprint density at radius 1 is 1.29 bits per heavy atom. The molecule has 2 fully saturated rings. The highest BCUT2D eigenvalue weighted by atomic mass is 16.4. The third-order valence-corrected chi connectivity index (χ3v) is 7.54. The SMILES string of the molecule is C[C@]12CCC([C@@]3(C)CCC=CC3=O)C(CC#N)[C@@H]1CC[C@@H]2C(=O)O. The molecule has 0 bridgehead atoms. The number of hydrogen-bond donors (Lipinski definition) is 1. The average molecular weight is 329 g/mol. The minimum absolute atomic E-state index is 0.138. The van der Waals surface area contributed by atoms with E-state index in [0.717, 1.165) is 32.1 Å². The highest BCUT2D eigenvalue weighted by molar-refractivity contribution is 5.95. The lowest BCUT2D eigenvalue weighted by atomic mass is 9.51. The summed E-state index contributed by atoms with van der Waals surface area (Å²) in [6, 6.07) is 2.34. The summed E-state index contributed by atoms with van der Waals surface area (Å²) in [4.78, 5) is 24.3. The molecule has 2 saturated carbocycles. The van der Waals surface area contributed by atoms with Gasteiger partial charge in [0.25, 0.3) is 0 Å². The molecule has 0 saturated heterocycles. The number of carboxylic acids is 1. The third kappa shape index (κ3) is 2.41. The Kier molecular flexibility index (Phi) is 4.32. The Bertz CT molecular complexity index is 619. The Hall–Kier alpha value is -1.63. The molecular formula is C20H27NO3. The van der Waals surface area contributed by atoms with Crippen LogP contribution in [0, 0.1) is 45.8 Å². The van der Waals surface area contributed by atoms with Crippen molar-refractivity contribution in [3.63, 3.8) is 0 Å². The van der Waals surface area contributed by atoms with Crippen LogP contribution in [0.15, 0.2) is 12.2 Å². The molecule has 6 atom stereocenters. The van der Waals surface area contributed by atoms with E-state index in [1.54, 1.807) is 6.08 Å². The molecule has 1 N–H and O–H groups in total. The smallest absolute Gasteiger partial charge is 0.307 e. The van der Waals surface area contributed by atoms with Crippen LogP contribution in [-0.4, -0.2) is 16.9 Å². The first-order valence-electron chi connectivity index (χ1n) is 9.15. The van der Waals surface area contributed by atoms with Gasteiger partial charge in [-0.3, -0.25) is 9.59 Å². The topological polar surface area (TPSA) is 78.2 Å². The molecule has 130 valence electrons. The predicted octanol–water partition coefficient (Wildman–Crippen LogP) is 3.97. The van der Waals surface area contributed by atoms with Gasteiger partial charge < -0.3 is 5.11 Å². The summed E-state index contributed by atoms with van der Waals surface area (Å²) >= 11 is 0. The minimum atomic E-state index is -0.697. The number of carbonyl (C=O) groups excluding carboxylic acids is 1. The number of fused-ring (bicyclic) bond motifs is 1. The lowest BCUT2D eigenvalue weighted by Gasteiger charge is -2.52. The van der Waals surface area contributed by atoms with E-state index < -0.39 is 5.97 Å². The molecule has 24 heavy (non-hydrogen) atoms. The highest BCUT2D eigenvalue weighted by Gasteiger charge is 2.59. The first-order valence-corrected chi connectivity index (χ1v) is 9.15. The minimum Gasteiger partial charge on any atom is -0.481 e. The molecule has 4 heteroatoms. The third-order valence-electron chi connectivity index (χ3n) is 7.54. The zero-order chi connectivity index (χ0) is 17.5. The molecule has 0 aromatic carbocycles. The fourth-order valence-electron chi connectivity index (χ4n) is 6.13. The van der Waals surface area contributed by atoms with E-state index in [1.807, 2.05) is 6.08 Å². The van der Waals surface area contributed by atoms with E-state index in [0.29, 0.717) is 12.8 Å². The molecule has 0 aromatic rings. The maximum absolute atomic E-state index is 12.6. The summed E-state index contributed by atoms with van der Waals surface area (Å²) in [5.41, 5.74) is -0.618. The van der Waals surface area contributed by atoms with Crippen LogP contribution in [0.5, 0.6) is 0 Å². The van der Waals surface area contributed by atoms with E-state index >= 15 is 0 Å². The Labute approximate surface area is 143 Å². The van der Waals surface area contributed by atoms with Crippen LogP contribution in [0.1, 0.15) is 58.8 Å². The maximum atomic E-state index is 12.6. The lowest BCUT2D eigenvalue weighted by molar-refractivity contribution is -0.150. The molecule has 0 amide bonds. The van der Waals surface area contributed by atoms with Gasteiger partial charge in [0.05, 0.1) is 12.0 Å². The van der Waals surface area contributed by atoms with Crippen molar-refractivity contribution in [2.45, 2.75) is 58.8 Å². The summed E-state index contributed by atoms with van der Waals surface area (Å²) in [5.74, 6) is -0.235. The average Bonchev–Trinajstić information content (AvgIpc) is 2.88. The van der Waals surface area contributed by atoms with Gasteiger partial charge in [0, 0.05) is 11.8 Å². The van der Waals surface area contributed by atoms with E-state index in [-0.39, 0.29) is 40.3 Å². The van der Waals surface area contributed by atoms with Gasteiger partial charge in [-0.15, -0.1) is 0 Å². The van der Waals surface area contributed by atoms with Crippen molar-refractivity contribution in [2.24, 2.45) is 34.5 Å². The number of allylic oxidation sites excluding steroid dienone is 2. The number of nitriles is 1. The number of ketones is 1. The monoisotopic (exact) mass is 329 g/mol. The van der Waals surface area contributed by atoms with Crippen LogP contribution in [0.25, 0.3) is 0 Å². The van der Waals surface area contributed by atoms with Gasteiger partial charge in [-0.1, -0.05) is 19.9 Å². The van der Waals surface area contributed by atoms with Crippen molar-refractivity contribution in [1.82, 2.24) is 0 Å². The molecular weight excluding hydrogens is 302 g/mol. The molecule has 0 radical (unpaired) electrons. The molecule has 0 spiro atoms. The largest absolute Gasteiger partial charge is 0.481 e. The maximum Gasteiger partial charge on any atom is 0.307 e. The first-order chi connectivity index (χ1) is 11.3. The summed E-state index contributed by atoms with van der Waals surface area (Å²) < 4.78 is 0. The Morgan fingerprint density at radius 2 is 2.04 bits per heavy atom. The molecule has 0 aliphatic heterocycles. The van der Waals surface area contributed by atoms with Crippen molar-refractivity contribution in [3.8, 4) is 6.07 Å². The van der Waals surface area contributed by atoms with Crippen molar-refractivity contribution in [2.75, 3.05) is 0 Å². The Morgan fingerprint density at radius 3 is 2.67 bits per heavy atom. The van der Waals surface area contributed by atoms with Crippen LogP contribution in [0.2, 0.25) is 0 Å². The Balaban J connectivity index is 1.95. The van der Waals surface area contributed by atoms with Gasteiger partial charge >= 0.3 is 5.97 Å². The number of hydrogen-bond acceptors (Lipinski definition) is 3. The molecule has 3 aliphatic carbocycles. The van der Waals surface area contributed by atoms with Gasteiger partial charge in [0.2, 0.25) is 0 Å². The summed E-state index contributed by atoms with van der Waals surface area (Å²) in [5, 5.41) is 19.0. The zero-order valence-electron chi connectivity index (χ0n) is 14.6. The fourth-order valence-corrected chi connectivity index (χ4v) is 6.13. The first kappa shape index (κ1) is 17.2. The summed E-state index contributed by atoms with van der Waals surface area (Å²) in [7, 11) is 0. The van der Waals surface area contributed by atoms with Crippen LogP contribution < -0.4 is 0 Å². The quantitative estimate of drug-likeness (QED) is 0.850. The van der Waals surface area contributed by atoms with Crippen LogP contribution >= 0.6 is 0 Å². The number of rotatable bonds is 3. The van der Waals surface area contributed by atoms with Crippen molar-refractivity contribution in [1.29, 1.82) is 5.26 Å². The predicted molar refractivity (Wildman–Crippen MR) is 89.9 cm³/mol. The van der Waals surface area contributed by atoms with E-state index in [1.165, 1.54) is 0 Å². The number of nitrogens with zero attached hydrogens (tertiary/aromatic N) is 1. The van der Waals surface area contributed by atoms with Gasteiger partial charge in [0.15, 0.2) is 5.78 Å². The van der Waals surface area contributed by atoms with Gasteiger partial charge in [-0.25, -0.2) is 0 Å². The van der Waals surface area contributed by atoms with Crippen molar-refractivity contribution in [3.05, 3.63) is 12.2 Å². The molecule has 3 aliphatic rings.